The van der Waals surface area contributed by atoms with E-state index in [1.165, 1.54) is 17.3 Å². The molecular weight excluding hydrogens is 326 g/mol. The minimum absolute atomic E-state index is 0.102. The van der Waals surface area contributed by atoms with Gasteiger partial charge in [-0.2, -0.15) is 5.10 Å². The van der Waals surface area contributed by atoms with Crippen LogP contribution in [0, 0.1) is 0 Å². The first-order valence-corrected chi connectivity index (χ1v) is 8.64. The third kappa shape index (κ3) is 4.74. The first-order chi connectivity index (χ1) is 11.2. The summed E-state index contributed by atoms with van der Waals surface area (Å²) in [4.78, 5) is 22.4. The molecular formula is C17H22N3O3S-. The lowest BCUT2D eigenvalue weighted by Gasteiger charge is -2.20. The fraction of sp³-hybridized carbons (Fsp3) is 0.471. The second-order valence-electron chi connectivity index (χ2n) is 6.75. The zero-order chi connectivity index (χ0) is 17.9. The van der Waals surface area contributed by atoms with Gasteiger partial charge in [0.2, 0.25) is 5.91 Å². The Labute approximate surface area is 146 Å². The van der Waals surface area contributed by atoms with Crippen molar-refractivity contribution in [3.05, 3.63) is 35.4 Å². The standard InChI is InChI=1S/C17H23N3O3S/c1-17(2,3)12-7-5-11(6-8-12)10-18-20(4)16-19-15(23)13(24-16)9-14(21)22/h5-8,10,13,16H,9H2,1-4H3,(H,19,23)(H,21,22)/p-1/b18-10+. The van der Waals surface area contributed by atoms with E-state index in [-0.39, 0.29) is 23.2 Å². The zero-order valence-corrected chi connectivity index (χ0v) is 15.1. The monoisotopic (exact) mass is 348 g/mol. The Kier molecular flexibility index (Phi) is 5.54. The van der Waals surface area contributed by atoms with Gasteiger partial charge in [-0.05, 0) is 16.5 Å². The molecule has 0 saturated carbocycles. The van der Waals surface area contributed by atoms with E-state index in [2.05, 4.69) is 43.3 Å². The Hall–Kier alpha value is -2.02. The van der Waals surface area contributed by atoms with Crippen LogP contribution in [-0.2, 0) is 15.0 Å². The van der Waals surface area contributed by atoms with E-state index in [9.17, 15) is 14.7 Å². The van der Waals surface area contributed by atoms with Crippen molar-refractivity contribution in [3.63, 3.8) is 0 Å². The third-order valence-electron chi connectivity index (χ3n) is 3.71. The molecule has 1 fully saturated rings. The summed E-state index contributed by atoms with van der Waals surface area (Å²) < 4.78 is 0. The molecule has 1 aromatic carbocycles. The smallest absolute Gasteiger partial charge is 0.235 e. The number of hydrogen-bond acceptors (Lipinski definition) is 6. The molecule has 1 N–H and O–H groups in total. The summed E-state index contributed by atoms with van der Waals surface area (Å²) in [5.74, 6) is -1.53. The average molecular weight is 348 g/mol. The molecule has 1 heterocycles. The number of carbonyl (C=O) groups is 2. The summed E-state index contributed by atoms with van der Waals surface area (Å²) in [6, 6.07) is 8.14. The third-order valence-corrected chi connectivity index (χ3v) is 5.10. The number of carboxylic acid groups (broad SMARTS) is 1. The average Bonchev–Trinajstić information content (AvgIpc) is 2.85. The molecule has 2 rings (SSSR count). The normalized spacial score (nSPS) is 21.1. The molecule has 1 saturated heterocycles. The highest BCUT2D eigenvalue weighted by atomic mass is 32.2. The number of amides is 1. The van der Waals surface area contributed by atoms with Crippen LogP contribution >= 0.6 is 11.8 Å². The number of thioether (sulfide) groups is 1. The van der Waals surface area contributed by atoms with Gasteiger partial charge in [0.15, 0.2) is 5.50 Å². The molecule has 1 aromatic rings. The Morgan fingerprint density at radius 2 is 2.00 bits per heavy atom. The predicted octanol–water partition coefficient (Wildman–Crippen LogP) is 0.905. The van der Waals surface area contributed by atoms with Crippen LogP contribution in [0.4, 0.5) is 0 Å². The minimum atomic E-state index is -1.23. The number of nitrogens with one attached hydrogen (secondary N) is 1. The fourth-order valence-electron chi connectivity index (χ4n) is 2.23. The van der Waals surface area contributed by atoms with E-state index in [1.54, 1.807) is 18.3 Å². The Bertz CT molecular complexity index is 637. The van der Waals surface area contributed by atoms with Crippen LogP contribution < -0.4 is 10.4 Å². The molecule has 2 unspecified atom stereocenters. The van der Waals surface area contributed by atoms with Gasteiger partial charge in [-0.1, -0.05) is 45.0 Å². The molecule has 0 radical (unpaired) electrons. The van der Waals surface area contributed by atoms with Crippen molar-refractivity contribution >= 4 is 29.9 Å². The van der Waals surface area contributed by atoms with E-state index >= 15 is 0 Å². The van der Waals surface area contributed by atoms with Crippen molar-refractivity contribution in [2.24, 2.45) is 5.10 Å². The second-order valence-corrected chi connectivity index (χ2v) is 8.04. The maximum absolute atomic E-state index is 11.7. The van der Waals surface area contributed by atoms with Gasteiger partial charge >= 0.3 is 0 Å². The SMILES string of the molecule is CN(/N=C/c1ccc(C(C)(C)C)cc1)C1NC(=O)C(CC(=O)[O-])S1. The summed E-state index contributed by atoms with van der Waals surface area (Å²) >= 11 is 1.23. The van der Waals surface area contributed by atoms with Crippen molar-refractivity contribution < 1.29 is 14.7 Å². The summed E-state index contributed by atoms with van der Waals surface area (Å²) in [5, 5.41) is 18.7. The van der Waals surface area contributed by atoms with Crippen LogP contribution in [0.3, 0.4) is 0 Å². The summed E-state index contributed by atoms with van der Waals surface area (Å²) in [5.41, 5.74) is 1.92. The van der Waals surface area contributed by atoms with Crippen molar-refractivity contribution in [2.45, 2.75) is 43.4 Å². The summed E-state index contributed by atoms with van der Waals surface area (Å²) in [6.07, 6.45) is 1.42. The number of hydrogen-bond donors (Lipinski definition) is 1. The van der Waals surface area contributed by atoms with E-state index < -0.39 is 11.2 Å². The van der Waals surface area contributed by atoms with Gasteiger partial charge in [0.05, 0.1) is 11.5 Å². The minimum Gasteiger partial charge on any atom is -0.550 e. The Balaban J connectivity index is 1.97. The van der Waals surface area contributed by atoms with E-state index in [4.69, 9.17) is 0 Å². The molecule has 6 nitrogen and oxygen atoms in total. The van der Waals surface area contributed by atoms with Crippen molar-refractivity contribution in [3.8, 4) is 0 Å². The number of benzene rings is 1. The lowest BCUT2D eigenvalue weighted by Crippen LogP contribution is -2.37. The second kappa shape index (κ2) is 7.25. The molecule has 1 amide bonds. The number of hydrazone groups is 1. The quantitative estimate of drug-likeness (QED) is 0.631. The maximum Gasteiger partial charge on any atom is 0.235 e. The first-order valence-electron chi connectivity index (χ1n) is 7.70. The van der Waals surface area contributed by atoms with Crippen LogP contribution in [0.2, 0.25) is 0 Å². The van der Waals surface area contributed by atoms with E-state index in [1.807, 2.05) is 12.1 Å². The van der Waals surface area contributed by atoms with Crippen LogP contribution in [0.15, 0.2) is 29.4 Å². The highest BCUT2D eigenvalue weighted by Gasteiger charge is 2.34. The Morgan fingerprint density at radius 3 is 2.54 bits per heavy atom. The molecule has 0 aromatic heterocycles. The predicted molar refractivity (Wildman–Crippen MR) is 93.4 cm³/mol. The number of nitrogens with zero attached hydrogens (tertiary/aromatic N) is 2. The van der Waals surface area contributed by atoms with Gasteiger partial charge in [0.25, 0.3) is 0 Å². The highest BCUT2D eigenvalue weighted by Crippen LogP contribution is 2.27. The van der Waals surface area contributed by atoms with Gasteiger partial charge < -0.3 is 15.2 Å². The lowest BCUT2D eigenvalue weighted by molar-refractivity contribution is -0.305. The maximum atomic E-state index is 11.7. The number of aliphatic carboxylic acids is 1. The summed E-state index contributed by atoms with van der Waals surface area (Å²) in [7, 11) is 1.74. The first kappa shape index (κ1) is 18.3. The number of rotatable bonds is 5. The topological polar surface area (TPSA) is 84.8 Å². The summed E-state index contributed by atoms with van der Waals surface area (Å²) in [6.45, 7) is 6.48. The molecule has 0 aliphatic carbocycles. The van der Waals surface area contributed by atoms with Gasteiger partial charge in [0.1, 0.15) is 0 Å². The molecule has 0 spiro atoms. The molecule has 0 bridgehead atoms. The molecule has 2 atom stereocenters. The molecule has 24 heavy (non-hydrogen) atoms. The van der Waals surface area contributed by atoms with Crippen molar-refractivity contribution in [1.82, 2.24) is 10.3 Å². The van der Waals surface area contributed by atoms with Gasteiger partial charge in [-0.25, -0.2) is 0 Å². The van der Waals surface area contributed by atoms with Crippen molar-refractivity contribution in [2.75, 3.05) is 7.05 Å². The van der Waals surface area contributed by atoms with Crippen LogP contribution in [0.25, 0.3) is 0 Å². The fourth-order valence-corrected chi connectivity index (χ4v) is 3.38. The number of carboxylic acids is 1. The van der Waals surface area contributed by atoms with E-state index in [0.29, 0.717) is 0 Å². The van der Waals surface area contributed by atoms with Crippen LogP contribution in [-0.4, -0.2) is 40.9 Å². The number of carbonyl (C=O) groups excluding carboxylic acids is 2. The molecule has 1 aliphatic rings. The molecule has 7 heteroatoms. The lowest BCUT2D eigenvalue weighted by atomic mass is 9.87. The van der Waals surface area contributed by atoms with Crippen molar-refractivity contribution in [1.29, 1.82) is 0 Å². The zero-order valence-electron chi connectivity index (χ0n) is 14.3. The highest BCUT2D eigenvalue weighted by molar-refractivity contribution is 8.01. The molecule has 1 aliphatic heterocycles. The van der Waals surface area contributed by atoms with Gasteiger partial charge in [-0.3, -0.25) is 9.80 Å². The van der Waals surface area contributed by atoms with E-state index in [0.717, 1.165) is 5.56 Å². The van der Waals surface area contributed by atoms with Crippen LogP contribution in [0.5, 0.6) is 0 Å². The largest absolute Gasteiger partial charge is 0.550 e. The van der Waals surface area contributed by atoms with Crippen LogP contribution in [0.1, 0.15) is 38.3 Å². The van der Waals surface area contributed by atoms with Gasteiger partial charge in [-0.15, -0.1) is 11.8 Å². The Morgan fingerprint density at radius 1 is 1.38 bits per heavy atom. The molecule has 130 valence electrons. The van der Waals surface area contributed by atoms with Gasteiger partial charge in [0, 0.05) is 19.4 Å².